The normalized spacial score (nSPS) is 5.63. The molecule has 17 heteroatoms. The summed E-state index contributed by atoms with van der Waals surface area (Å²) in [6, 6.07) is 0. The molecule has 0 amide bonds. The molecule has 0 unspecified atom stereocenters. The third kappa shape index (κ3) is 447. The SMILES string of the molecule is O=C([O-])O.O=C([O-])[O-].O=P([O-])([O-])[O-].[Na+].[Na+].[Na+].[Na+].[Na+].[Na+]. The summed E-state index contributed by atoms with van der Waals surface area (Å²) in [5.41, 5.74) is 0. The topological polar surface area (TPSA) is 210 Å². The summed E-state index contributed by atoms with van der Waals surface area (Å²) in [5, 5.41) is 32.0. The van der Waals surface area contributed by atoms with Gasteiger partial charge in [0.05, 0.1) is 0 Å². The van der Waals surface area contributed by atoms with Crippen molar-refractivity contribution >= 4 is 20.1 Å². The van der Waals surface area contributed by atoms with Crippen molar-refractivity contribution in [3.63, 3.8) is 0 Å². The Labute approximate surface area is 241 Å². The molecule has 0 saturated heterocycles. The third-order valence-corrected chi connectivity index (χ3v) is 0. The molecule has 0 spiro atoms. The van der Waals surface area contributed by atoms with Gasteiger partial charge in [-0.15, -0.1) is 0 Å². The number of phosphoric acid groups is 1. The van der Waals surface area contributed by atoms with Gasteiger partial charge in [-0.1, -0.05) is 0 Å². The fourth-order valence-electron chi connectivity index (χ4n) is 0. The first kappa shape index (κ1) is 56.5. The molecule has 19 heavy (non-hydrogen) atoms. The van der Waals surface area contributed by atoms with Crippen LogP contribution in [0.2, 0.25) is 0 Å². The number of hydrogen-bond donors (Lipinski definition) is 1. The Morgan fingerprint density at radius 2 is 0.737 bits per heavy atom. The third-order valence-electron chi connectivity index (χ3n) is 0. The maximum absolute atomic E-state index is 8.55. The van der Waals surface area contributed by atoms with Crippen LogP contribution < -0.4 is 207 Å². The number of carboxylic acid groups (broad SMARTS) is 4. The van der Waals surface area contributed by atoms with Gasteiger partial charge in [-0.25, -0.2) is 0 Å². The van der Waals surface area contributed by atoms with E-state index in [4.69, 9.17) is 49.3 Å². The summed E-state index contributed by atoms with van der Waals surface area (Å²) in [7, 11) is -5.39. The average Bonchev–Trinajstić information content (AvgIpc) is 1.50. The van der Waals surface area contributed by atoms with Crippen molar-refractivity contribution in [2.24, 2.45) is 0 Å². The molecule has 0 aromatic heterocycles. The Kier molecular flexibility index (Phi) is 114. The molecule has 0 aliphatic carbocycles. The Hall–Kier alpha value is 4.65. The van der Waals surface area contributed by atoms with E-state index in [1.165, 1.54) is 0 Å². The first-order valence-corrected chi connectivity index (χ1v) is 3.44. The Balaban J connectivity index is -0.00000000980. The van der Waals surface area contributed by atoms with Gasteiger partial charge in [-0.2, -0.15) is 7.82 Å². The minimum atomic E-state index is -5.39. The van der Waals surface area contributed by atoms with E-state index in [2.05, 4.69) is 0 Å². The molecule has 0 aliphatic heterocycles. The van der Waals surface area contributed by atoms with Crippen LogP contribution in [0.3, 0.4) is 0 Å². The van der Waals surface area contributed by atoms with Gasteiger partial charge in [-0.05, 0) is 6.16 Å². The van der Waals surface area contributed by atoms with Crippen molar-refractivity contribution in [2.45, 2.75) is 0 Å². The van der Waals surface area contributed by atoms with Crippen LogP contribution in [0.1, 0.15) is 0 Å². The zero-order valence-electron chi connectivity index (χ0n) is 11.6. The molecule has 1 N–H and O–H groups in total. The van der Waals surface area contributed by atoms with Crippen LogP contribution in [0, 0.1) is 0 Å². The van der Waals surface area contributed by atoms with Crippen LogP contribution in [0.15, 0.2) is 0 Å². The van der Waals surface area contributed by atoms with Gasteiger partial charge in [-0.3, -0.25) is 0 Å². The van der Waals surface area contributed by atoms with Crippen molar-refractivity contribution in [3.8, 4) is 0 Å². The predicted molar refractivity (Wildman–Crippen MR) is 21.0 cm³/mol. The van der Waals surface area contributed by atoms with E-state index in [1.807, 2.05) is 0 Å². The van der Waals surface area contributed by atoms with Gasteiger partial charge in [0.15, 0.2) is 0 Å². The Morgan fingerprint density at radius 3 is 0.737 bits per heavy atom. The second kappa shape index (κ2) is 38.3. The molecule has 0 aromatic carbocycles. The number of rotatable bonds is 0. The second-order valence-corrected chi connectivity index (χ2v) is 1.86. The molecule has 0 atom stereocenters. The summed E-state index contributed by atoms with van der Waals surface area (Å²) < 4.78 is 8.55. The number of carbonyl (C=O) groups is 2. The van der Waals surface area contributed by atoms with Gasteiger partial charge in [0.1, 0.15) is 0 Å². The van der Waals surface area contributed by atoms with Crippen molar-refractivity contribution in [3.05, 3.63) is 0 Å². The van der Waals surface area contributed by atoms with Crippen molar-refractivity contribution in [2.75, 3.05) is 0 Å². The molecular weight excluding hydrogens is 353 g/mol. The number of carbonyl (C=O) groups excluding carboxylic acids is 1. The van der Waals surface area contributed by atoms with Gasteiger partial charge in [0, 0.05) is 0 Å². The summed E-state index contributed by atoms with van der Waals surface area (Å²) in [6.45, 7) is 0. The van der Waals surface area contributed by atoms with E-state index < -0.39 is 20.1 Å². The molecule has 0 aliphatic rings. The monoisotopic (exact) mass is 354 g/mol. The number of hydrogen-bond acceptors (Lipinski definition) is 9. The average molecular weight is 354 g/mol. The molecule has 0 saturated carbocycles. The molecule has 10 nitrogen and oxygen atoms in total. The smallest absolute Gasteiger partial charge is 0.822 e. The quantitative estimate of drug-likeness (QED) is 0.320. The van der Waals surface area contributed by atoms with E-state index >= 15 is 0 Å². The summed E-state index contributed by atoms with van der Waals surface area (Å²) >= 11 is 0. The predicted octanol–water partition coefficient (Wildman–Crippen LogP) is -24.4. The van der Waals surface area contributed by atoms with Crippen LogP contribution in [0.25, 0.3) is 0 Å². The van der Waals surface area contributed by atoms with Crippen LogP contribution in [0.5, 0.6) is 0 Å². The molecule has 0 bridgehead atoms. The second-order valence-electron chi connectivity index (χ2n) is 0.963. The van der Waals surface area contributed by atoms with Gasteiger partial charge in [0.25, 0.3) is 0 Å². The first-order chi connectivity index (χ1) is 5.46. The standard InChI is InChI=1S/2CH2O3.6Na.H3O4P/c2*2-1(3)4;;;;;;;1-5(2,3)4/h2*(H2,2,3,4);;;;;;;(H3,1,2,3,4)/q;;6*+1;/p-6. The van der Waals surface area contributed by atoms with E-state index in [0.29, 0.717) is 0 Å². The fourth-order valence-corrected chi connectivity index (χ4v) is 0. The van der Waals surface area contributed by atoms with Crippen molar-refractivity contribution in [1.82, 2.24) is 0 Å². The maximum Gasteiger partial charge on any atom is 1.00 e. The van der Waals surface area contributed by atoms with Crippen molar-refractivity contribution in [1.29, 1.82) is 0 Å². The molecule has 0 heterocycles. The zero-order valence-corrected chi connectivity index (χ0v) is 24.5. The molecule has 0 radical (unpaired) electrons. The van der Waals surface area contributed by atoms with Gasteiger partial charge in [0.2, 0.25) is 6.16 Å². The summed E-state index contributed by atoms with van der Waals surface area (Å²) in [5.74, 6) is 0. The largest absolute Gasteiger partial charge is 1.00 e. The van der Waals surface area contributed by atoms with Gasteiger partial charge < -0.3 is 49.3 Å². The van der Waals surface area contributed by atoms with Gasteiger partial charge >= 0.3 is 177 Å². The van der Waals surface area contributed by atoms with Crippen LogP contribution >= 0.6 is 7.82 Å². The van der Waals surface area contributed by atoms with Crippen LogP contribution in [-0.2, 0) is 4.57 Å². The van der Waals surface area contributed by atoms with E-state index in [0.717, 1.165) is 0 Å². The van der Waals surface area contributed by atoms with E-state index in [1.54, 1.807) is 0 Å². The molecular formula is C2HNa6O10P. The minimum absolute atomic E-state index is 0. The van der Waals surface area contributed by atoms with Crippen LogP contribution in [0.4, 0.5) is 9.59 Å². The molecule has 0 fully saturated rings. The van der Waals surface area contributed by atoms with Crippen LogP contribution in [-0.4, -0.2) is 17.4 Å². The minimum Gasteiger partial charge on any atom is -0.822 e. The van der Waals surface area contributed by atoms with E-state index in [-0.39, 0.29) is 177 Å². The maximum atomic E-state index is 8.55. The summed E-state index contributed by atoms with van der Waals surface area (Å²) in [6.07, 6.45) is -4.42. The van der Waals surface area contributed by atoms with Crippen molar-refractivity contribution < 1.29 is 227 Å². The van der Waals surface area contributed by atoms with E-state index in [9.17, 15) is 0 Å². The molecule has 80 valence electrons. The zero-order chi connectivity index (χ0) is 11.7. The fraction of sp³-hybridized carbons (Fsp3) is 0. The Morgan fingerprint density at radius 1 is 0.737 bits per heavy atom. The molecule has 0 rings (SSSR count). The summed E-state index contributed by atoms with van der Waals surface area (Å²) in [4.78, 5) is 42.4. The molecule has 0 aromatic rings. The first-order valence-electron chi connectivity index (χ1n) is 1.97. The Bertz CT molecular complexity index is 178.